The Morgan fingerprint density at radius 1 is 1.13 bits per heavy atom. The van der Waals surface area contributed by atoms with Crippen molar-refractivity contribution in [3.8, 4) is 22.9 Å². The van der Waals surface area contributed by atoms with Gasteiger partial charge in [0.15, 0.2) is 10.3 Å². The number of aromatic nitrogens is 3. The predicted molar refractivity (Wildman–Crippen MR) is 118 cm³/mol. The summed E-state index contributed by atoms with van der Waals surface area (Å²) in [5, 5.41) is 0. The quantitative estimate of drug-likeness (QED) is 0.410. The topological polar surface area (TPSA) is 89.3 Å². The fourth-order valence-electron chi connectivity index (χ4n) is 3.13. The molecular formula is C21H18FN3O4S2. The summed E-state index contributed by atoms with van der Waals surface area (Å²) in [7, 11) is 3.00. The van der Waals surface area contributed by atoms with Crippen LogP contribution in [-0.4, -0.2) is 39.6 Å². The van der Waals surface area contributed by atoms with E-state index in [1.54, 1.807) is 19.2 Å². The van der Waals surface area contributed by atoms with Gasteiger partial charge in [0, 0.05) is 17.2 Å². The molecular weight excluding hydrogens is 441 g/mol. The number of hydrogen-bond acceptors (Lipinski definition) is 7. The molecule has 160 valence electrons. The third-order valence-electron chi connectivity index (χ3n) is 4.65. The Morgan fingerprint density at radius 3 is 2.52 bits per heavy atom. The monoisotopic (exact) mass is 459 g/mol. The van der Waals surface area contributed by atoms with Crippen LogP contribution < -0.4 is 15.0 Å². The van der Waals surface area contributed by atoms with Gasteiger partial charge in [0.25, 0.3) is 5.56 Å². The summed E-state index contributed by atoms with van der Waals surface area (Å²) in [4.78, 5) is 22.6. The minimum absolute atomic E-state index is 0.147. The van der Waals surface area contributed by atoms with Crippen molar-refractivity contribution < 1.29 is 18.4 Å². The number of hydrogen-bond donors (Lipinski definition) is 0. The van der Waals surface area contributed by atoms with Crippen LogP contribution in [0.5, 0.6) is 11.5 Å². The zero-order chi connectivity index (χ0) is 22.1. The molecule has 7 nitrogen and oxygen atoms in total. The van der Waals surface area contributed by atoms with Crippen LogP contribution in [0, 0.1) is 5.82 Å². The Bertz CT molecular complexity index is 1300. The number of nitrogens with zero attached hydrogens (tertiary/aromatic N) is 3. The van der Waals surface area contributed by atoms with Crippen molar-refractivity contribution in [3.05, 3.63) is 64.2 Å². The van der Waals surface area contributed by atoms with E-state index in [0.717, 1.165) is 16.9 Å². The fraction of sp³-hybridized carbons (Fsp3) is 0.190. The lowest BCUT2D eigenvalue weighted by Gasteiger charge is -2.15. The van der Waals surface area contributed by atoms with Gasteiger partial charge in [0.1, 0.15) is 29.4 Å². The van der Waals surface area contributed by atoms with Crippen LogP contribution in [0.25, 0.3) is 21.7 Å². The molecule has 4 aromatic rings. The second-order valence-corrected chi connectivity index (χ2v) is 9.14. The number of thiazole rings is 1. The molecule has 0 N–H and O–H groups in total. The molecule has 2 aromatic carbocycles. The maximum Gasteiger partial charge on any atom is 0.304 e. The molecule has 0 bridgehead atoms. The maximum absolute atomic E-state index is 13.8. The Kier molecular flexibility index (Phi) is 5.94. The summed E-state index contributed by atoms with van der Waals surface area (Å²) in [6.07, 6.45) is 1.50. The number of benzene rings is 2. The van der Waals surface area contributed by atoms with Gasteiger partial charge in [-0.1, -0.05) is 12.1 Å². The Balaban J connectivity index is 1.95. The molecule has 31 heavy (non-hydrogen) atoms. The summed E-state index contributed by atoms with van der Waals surface area (Å²) in [6, 6.07) is 11.3. The van der Waals surface area contributed by atoms with Gasteiger partial charge in [0.05, 0.1) is 26.3 Å². The maximum atomic E-state index is 13.8. The summed E-state index contributed by atoms with van der Waals surface area (Å²) in [5.41, 5.74) is 1.06. The molecule has 0 aliphatic rings. The molecule has 0 radical (unpaired) electrons. The second-order valence-electron chi connectivity index (χ2n) is 6.61. The number of fused-ring (bicyclic) bond motifs is 1. The number of ether oxygens (including phenoxy) is 2. The molecule has 0 saturated carbocycles. The van der Waals surface area contributed by atoms with Crippen LogP contribution in [0.4, 0.5) is 4.39 Å². The van der Waals surface area contributed by atoms with Gasteiger partial charge in [-0.2, -0.15) is 4.98 Å². The third-order valence-corrected chi connectivity index (χ3v) is 6.93. The number of halogens is 1. The van der Waals surface area contributed by atoms with E-state index < -0.39 is 17.0 Å². The molecule has 0 spiro atoms. The van der Waals surface area contributed by atoms with Gasteiger partial charge in [-0.15, -0.1) is 0 Å². The van der Waals surface area contributed by atoms with E-state index >= 15 is 0 Å². The molecule has 4 rings (SSSR count). The highest BCUT2D eigenvalue weighted by Gasteiger charge is 2.22. The first-order valence-electron chi connectivity index (χ1n) is 9.13. The van der Waals surface area contributed by atoms with Crippen molar-refractivity contribution in [1.29, 1.82) is 0 Å². The number of methoxy groups -OCH3 is 2. The van der Waals surface area contributed by atoms with E-state index in [1.165, 1.54) is 36.1 Å². The zero-order valence-electron chi connectivity index (χ0n) is 16.9. The summed E-state index contributed by atoms with van der Waals surface area (Å²) >= 11 is -0.250. The van der Waals surface area contributed by atoms with Gasteiger partial charge >= 0.3 is 4.34 Å². The molecule has 0 fully saturated rings. The first kappa shape index (κ1) is 21.3. The molecule has 1 atom stereocenters. The van der Waals surface area contributed by atoms with E-state index in [4.69, 9.17) is 9.47 Å². The van der Waals surface area contributed by atoms with Gasteiger partial charge in [-0.25, -0.2) is 9.37 Å². The molecule has 10 heteroatoms. The van der Waals surface area contributed by atoms with Crippen LogP contribution in [0.3, 0.4) is 0 Å². The van der Waals surface area contributed by atoms with E-state index in [9.17, 15) is 13.7 Å². The first-order valence-corrected chi connectivity index (χ1v) is 11.5. The molecule has 0 aliphatic heterocycles. The van der Waals surface area contributed by atoms with Crippen molar-refractivity contribution >= 4 is 32.9 Å². The lowest BCUT2D eigenvalue weighted by molar-refractivity contribution is 0.412. The lowest BCUT2D eigenvalue weighted by atomic mass is 10.1. The average molecular weight is 460 g/mol. The van der Waals surface area contributed by atoms with E-state index in [0.29, 0.717) is 26.3 Å². The summed E-state index contributed by atoms with van der Waals surface area (Å²) < 4.78 is 38.0. The smallest absolute Gasteiger partial charge is 0.304 e. The van der Waals surface area contributed by atoms with Crippen LogP contribution in [0.15, 0.2) is 51.6 Å². The van der Waals surface area contributed by atoms with Crippen LogP contribution in [-0.2, 0) is 17.7 Å². The fourth-order valence-corrected chi connectivity index (χ4v) is 4.72. The van der Waals surface area contributed by atoms with Crippen molar-refractivity contribution in [3.63, 3.8) is 0 Å². The molecule has 1 unspecified atom stereocenters. The minimum Gasteiger partial charge on any atom is -0.610 e. The van der Waals surface area contributed by atoms with Crippen LogP contribution in [0.1, 0.15) is 5.56 Å². The van der Waals surface area contributed by atoms with Gasteiger partial charge < -0.3 is 14.0 Å². The summed E-state index contributed by atoms with van der Waals surface area (Å²) in [6.45, 7) is 0.198. The Labute approximate surface area is 184 Å². The van der Waals surface area contributed by atoms with E-state index in [-0.39, 0.29) is 23.4 Å². The Morgan fingerprint density at radius 2 is 1.87 bits per heavy atom. The number of rotatable bonds is 6. The van der Waals surface area contributed by atoms with Gasteiger partial charge in [-0.05, 0) is 41.2 Å². The highest BCUT2D eigenvalue weighted by molar-refractivity contribution is 7.92. The standard InChI is InChI=1S/C21H18FN3O4S2/c1-28-14-7-4-12(5-8-14)11-25-18(15-9-6-13(22)10-16(15)29-2)24-19-17(20(25)26)23-21(30-19)31(3)27/h4-10H,11H2,1-3H3. The van der Waals surface area contributed by atoms with Crippen molar-refractivity contribution in [2.45, 2.75) is 10.9 Å². The van der Waals surface area contributed by atoms with Crippen LogP contribution >= 0.6 is 11.3 Å². The summed E-state index contributed by atoms with van der Waals surface area (Å²) in [5.74, 6) is 0.785. The highest BCUT2D eigenvalue weighted by atomic mass is 32.2. The SMILES string of the molecule is COc1ccc(Cn2c(-c3ccc(F)cc3OC)nc3sc([S+](C)[O-])nc3c2=O)cc1. The normalized spacial score (nSPS) is 12.2. The molecule has 0 aliphatic carbocycles. The highest BCUT2D eigenvalue weighted by Crippen LogP contribution is 2.31. The first-order chi connectivity index (χ1) is 14.9. The van der Waals surface area contributed by atoms with Crippen molar-refractivity contribution in [2.24, 2.45) is 0 Å². The zero-order valence-corrected chi connectivity index (χ0v) is 18.6. The third kappa shape index (κ3) is 4.14. The van der Waals surface area contributed by atoms with Crippen LogP contribution in [0.2, 0.25) is 0 Å². The minimum atomic E-state index is -1.35. The molecule has 0 saturated heterocycles. The Hall–Kier alpha value is -2.95. The van der Waals surface area contributed by atoms with E-state index in [1.807, 2.05) is 12.1 Å². The molecule has 2 heterocycles. The predicted octanol–water partition coefficient (Wildman–Crippen LogP) is 3.46. The van der Waals surface area contributed by atoms with Crippen molar-refractivity contribution in [1.82, 2.24) is 14.5 Å². The van der Waals surface area contributed by atoms with Crippen molar-refractivity contribution in [2.75, 3.05) is 20.5 Å². The second kappa shape index (κ2) is 8.66. The lowest BCUT2D eigenvalue weighted by Crippen LogP contribution is -2.24. The molecule has 0 amide bonds. The van der Waals surface area contributed by atoms with E-state index in [2.05, 4.69) is 9.97 Å². The van der Waals surface area contributed by atoms with Gasteiger partial charge in [-0.3, -0.25) is 9.36 Å². The average Bonchev–Trinajstić information content (AvgIpc) is 3.21. The molecule has 2 aromatic heterocycles. The largest absolute Gasteiger partial charge is 0.610 e. The van der Waals surface area contributed by atoms with Gasteiger partial charge in [0.2, 0.25) is 0 Å².